The Kier molecular flexibility index (Phi) is 6.82. The second-order valence-corrected chi connectivity index (χ2v) is 7.52. The molecule has 114 valence electrons. The van der Waals surface area contributed by atoms with Crippen molar-refractivity contribution in [1.29, 1.82) is 0 Å². The van der Waals surface area contributed by atoms with Crippen molar-refractivity contribution in [3.05, 3.63) is 0 Å². The molecule has 1 rings (SSSR count). The van der Waals surface area contributed by atoms with Crippen molar-refractivity contribution in [2.45, 2.75) is 66.8 Å². The molecule has 2 heteroatoms. The molecule has 0 aliphatic carbocycles. The predicted molar refractivity (Wildman–Crippen MR) is 85.5 cm³/mol. The van der Waals surface area contributed by atoms with E-state index in [0.29, 0.717) is 11.5 Å². The summed E-state index contributed by atoms with van der Waals surface area (Å²) >= 11 is 0. The van der Waals surface area contributed by atoms with E-state index in [-0.39, 0.29) is 0 Å². The van der Waals surface area contributed by atoms with Gasteiger partial charge in [0.2, 0.25) is 0 Å². The van der Waals surface area contributed by atoms with Crippen LogP contribution in [0, 0.1) is 17.3 Å². The zero-order chi connectivity index (χ0) is 14.5. The second kappa shape index (κ2) is 7.64. The van der Waals surface area contributed by atoms with E-state index in [4.69, 9.17) is 0 Å². The maximum Gasteiger partial charge on any atom is 0.00794 e. The highest BCUT2D eigenvalue weighted by Gasteiger charge is 2.27. The minimum Gasteiger partial charge on any atom is -0.313 e. The number of hydrogen-bond donors (Lipinski definition) is 1. The van der Waals surface area contributed by atoms with Crippen LogP contribution in [0.2, 0.25) is 0 Å². The van der Waals surface area contributed by atoms with Crippen LogP contribution in [0.15, 0.2) is 0 Å². The molecule has 2 unspecified atom stereocenters. The van der Waals surface area contributed by atoms with Gasteiger partial charge in [-0.25, -0.2) is 0 Å². The topological polar surface area (TPSA) is 15.3 Å². The SMILES string of the molecule is CCCN1CCCC(C(C)NCC(C)(C)C(C)C)C1. The molecule has 0 amide bonds. The number of piperidine rings is 1. The highest BCUT2D eigenvalue weighted by molar-refractivity contribution is 4.83. The van der Waals surface area contributed by atoms with Gasteiger partial charge in [-0.05, 0) is 56.5 Å². The predicted octanol–water partition coefficient (Wildman–Crippen LogP) is 3.77. The molecule has 0 aromatic heterocycles. The summed E-state index contributed by atoms with van der Waals surface area (Å²) in [6.07, 6.45) is 4.07. The molecule has 1 aliphatic heterocycles. The molecule has 1 saturated heterocycles. The minimum absolute atomic E-state index is 0.395. The van der Waals surface area contributed by atoms with Gasteiger partial charge in [-0.15, -0.1) is 0 Å². The molecule has 0 aromatic carbocycles. The van der Waals surface area contributed by atoms with Crippen molar-refractivity contribution < 1.29 is 0 Å². The van der Waals surface area contributed by atoms with Crippen LogP contribution in [0.1, 0.15) is 60.8 Å². The third kappa shape index (κ3) is 5.43. The van der Waals surface area contributed by atoms with Crippen LogP contribution >= 0.6 is 0 Å². The van der Waals surface area contributed by atoms with Gasteiger partial charge in [-0.2, -0.15) is 0 Å². The van der Waals surface area contributed by atoms with Crippen molar-refractivity contribution >= 4 is 0 Å². The lowest BCUT2D eigenvalue weighted by molar-refractivity contribution is 0.140. The lowest BCUT2D eigenvalue weighted by Crippen LogP contribution is -2.47. The zero-order valence-corrected chi connectivity index (χ0v) is 14.1. The third-order valence-electron chi connectivity index (χ3n) is 5.23. The summed E-state index contributed by atoms with van der Waals surface area (Å²) in [6.45, 7) is 19.1. The molecule has 0 bridgehead atoms. The molecule has 19 heavy (non-hydrogen) atoms. The van der Waals surface area contributed by atoms with Crippen LogP contribution in [0.25, 0.3) is 0 Å². The Balaban J connectivity index is 2.38. The first kappa shape index (κ1) is 17.0. The summed E-state index contributed by atoms with van der Waals surface area (Å²) in [7, 11) is 0. The number of hydrogen-bond acceptors (Lipinski definition) is 2. The van der Waals surface area contributed by atoms with E-state index in [9.17, 15) is 0 Å². The third-order valence-corrected chi connectivity index (χ3v) is 5.23. The minimum atomic E-state index is 0.395. The van der Waals surface area contributed by atoms with Crippen LogP contribution in [-0.2, 0) is 0 Å². The molecule has 1 fully saturated rings. The largest absolute Gasteiger partial charge is 0.313 e. The zero-order valence-electron chi connectivity index (χ0n) is 14.1. The van der Waals surface area contributed by atoms with E-state index in [1.807, 2.05) is 0 Å². The molecule has 2 atom stereocenters. The van der Waals surface area contributed by atoms with Crippen molar-refractivity contribution in [1.82, 2.24) is 10.2 Å². The summed E-state index contributed by atoms with van der Waals surface area (Å²) < 4.78 is 0. The van der Waals surface area contributed by atoms with Gasteiger partial charge in [0.15, 0.2) is 0 Å². The molecule has 0 aromatic rings. The first-order chi connectivity index (χ1) is 8.86. The smallest absolute Gasteiger partial charge is 0.00794 e. The normalized spacial score (nSPS) is 23.8. The Morgan fingerprint density at radius 2 is 1.95 bits per heavy atom. The number of nitrogens with one attached hydrogen (secondary N) is 1. The van der Waals surface area contributed by atoms with Crippen molar-refractivity contribution in [3.8, 4) is 0 Å². The maximum absolute atomic E-state index is 3.81. The number of nitrogens with zero attached hydrogens (tertiary/aromatic N) is 1. The van der Waals surface area contributed by atoms with Crippen LogP contribution in [0.3, 0.4) is 0 Å². The lowest BCUT2D eigenvalue weighted by Gasteiger charge is -2.38. The summed E-state index contributed by atoms with van der Waals surface area (Å²) in [5, 5.41) is 3.81. The highest BCUT2D eigenvalue weighted by atomic mass is 15.1. The molecule has 0 saturated carbocycles. The van der Waals surface area contributed by atoms with Gasteiger partial charge >= 0.3 is 0 Å². The molecule has 1 heterocycles. The fourth-order valence-corrected chi connectivity index (χ4v) is 2.81. The monoisotopic (exact) mass is 268 g/mol. The van der Waals surface area contributed by atoms with E-state index < -0.39 is 0 Å². The number of likely N-dealkylation sites (tertiary alicyclic amines) is 1. The maximum atomic E-state index is 3.81. The van der Waals surface area contributed by atoms with E-state index >= 15 is 0 Å². The van der Waals surface area contributed by atoms with Gasteiger partial charge < -0.3 is 10.2 Å². The summed E-state index contributed by atoms with van der Waals surface area (Å²) in [5.41, 5.74) is 0.395. The lowest BCUT2D eigenvalue weighted by atomic mass is 9.80. The first-order valence-corrected chi connectivity index (χ1v) is 8.32. The molecule has 2 nitrogen and oxygen atoms in total. The fraction of sp³-hybridized carbons (Fsp3) is 1.00. The average molecular weight is 268 g/mol. The second-order valence-electron chi connectivity index (χ2n) is 7.52. The van der Waals surface area contributed by atoms with Crippen LogP contribution in [0.4, 0.5) is 0 Å². The first-order valence-electron chi connectivity index (χ1n) is 8.32. The quantitative estimate of drug-likeness (QED) is 0.756. The van der Waals surface area contributed by atoms with E-state index in [0.717, 1.165) is 18.4 Å². The molecule has 0 spiro atoms. The Morgan fingerprint density at radius 3 is 2.53 bits per heavy atom. The molecule has 0 radical (unpaired) electrons. The Labute approximate surface area is 121 Å². The van der Waals surface area contributed by atoms with Crippen LogP contribution in [0.5, 0.6) is 0 Å². The van der Waals surface area contributed by atoms with Gasteiger partial charge in [0.05, 0.1) is 0 Å². The summed E-state index contributed by atoms with van der Waals surface area (Å²) in [5.74, 6) is 1.57. The van der Waals surface area contributed by atoms with E-state index in [1.54, 1.807) is 0 Å². The standard InChI is InChI=1S/C17H36N2/c1-7-10-19-11-8-9-16(12-19)15(4)18-13-17(5,6)14(2)3/h14-16,18H,7-13H2,1-6H3. The Hall–Kier alpha value is -0.0800. The van der Waals surface area contributed by atoms with E-state index in [1.165, 1.54) is 38.9 Å². The fourth-order valence-electron chi connectivity index (χ4n) is 2.81. The molecule has 1 aliphatic rings. The van der Waals surface area contributed by atoms with E-state index in [2.05, 4.69) is 51.8 Å². The number of rotatable bonds is 7. The van der Waals surface area contributed by atoms with Crippen LogP contribution in [-0.4, -0.2) is 37.1 Å². The van der Waals surface area contributed by atoms with Gasteiger partial charge in [0, 0.05) is 19.1 Å². The highest BCUT2D eigenvalue weighted by Crippen LogP contribution is 2.26. The van der Waals surface area contributed by atoms with Crippen LogP contribution < -0.4 is 5.32 Å². The van der Waals surface area contributed by atoms with Crippen molar-refractivity contribution in [2.24, 2.45) is 17.3 Å². The van der Waals surface area contributed by atoms with Crippen molar-refractivity contribution in [2.75, 3.05) is 26.2 Å². The molecular weight excluding hydrogens is 232 g/mol. The average Bonchev–Trinajstić information content (AvgIpc) is 2.36. The summed E-state index contributed by atoms with van der Waals surface area (Å²) in [4.78, 5) is 2.65. The Morgan fingerprint density at radius 1 is 1.26 bits per heavy atom. The van der Waals surface area contributed by atoms with Gasteiger partial charge in [0.25, 0.3) is 0 Å². The molecular formula is C17H36N2. The van der Waals surface area contributed by atoms with Gasteiger partial charge in [-0.3, -0.25) is 0 Å². The van der Waals surface area contributed by atoms with Gasteiger partial charge in [0.1, 0.15) is 0 Å². The molecule has 1 N–H and O–H groups in total. The Bertz CT molecular complexity index is 246. The summed E-state index contributed by atoms with van der Waals surface area (Å²) in [6, 6.07) is 0.651. The van der Waals surface area contributed by atoms with Crippen molar-refractivity contribution in [3.63, 3.8) is 0 Å². The van der Waals surface area contributed by atoms with Gasteiger partial charge in [-0.1, -0.05) is 34.6 Å².